The van der Waals surface area contributed by atoms with Crippen LogP contribution >= 0.6 is 15.9 Å². The first-order valence-electron chi connectivity index (χ1n) is 12.0. The van der Waals surface area contributed by atoms with E-state index in [0.717, 1.165) is 64.9 Å². The van der Waals surface area contributed by atoms with E-state index in [1.165, 1.54) is 0 Å². The molecular formula is C26H33BrN4O3. The fourth-order valence-corrected chi connectivity index (χ4v) is 4.96. The number of ether oxygens (including phenoxy) is 1. The Balaban J connectivity index is 1.60. The summed E-state index contributed by atoms with van der Waals surface area (Å²) in [5.41, 5.74) is 4.36. The number of imidazole rings is 1. The molecule has 0 aliphatic heterocycles. The van der Waals surface area contributed by atoms with Gasteiger partial charge in [-0.1, -0.05) is 49.5 Å². The summed E-state index contributed by atoms with van der Waals surface area (Å²) in [6, 6.07) is 5.50. The summed E-state index contributed by atoms with van der Waals surface area (Å²) < 4.78 is 5.70. The number of rotatable bonds is 9. The van der Waals surface area contributed by atoms with Crippen molar-refractivity contribution in [2.24, 2.45) is 5.41 Å². The molecule has 1 aliphatic carbocycles. The van der Waals surface area contributed by atoms with Crippen LogP contribution in [0.2, 0.25) is 0 Å². The third-order valence-electron chi connectivity index (χ3n) is 6.43. The number of fused-ring (bicyclic) bond motifs is 2. The number of aromatic nitrogens is 3. The lowest BCUT2D eigenvalue weighted by Crippen LogP contribution is -2.30. The first-order valence-corrected chi connectivity index (χ1v) is 13.1. The molecule has 2 heterocycles. The van der Waals surface area contributed by atoms with Gasteiger partial charge in [-0.3, -0.25) is 9.59 Å². The average molecular weight is 529 g/mol. The molecule has 1 aromatic carbocycles. The van der Waals surface area contributed by atoms with E-state index >= 15 is 0 Å². The van der Waals surface area contributed by atoms with Gasteiger partial charge < -0.3 is 20.0 Å². The minimum Gasteiger partial charge on any atom is -0.493 e. The highest BCUT2D eigenvalue weighted by Gasteiger charge is 2.35. The molecule has 4 rings (SSSR count). The van der Waals surface area contributed by atoms with E-state index in [-0.39, 0.29) is 23.1 Å². The highest BCUT2D eigenvalue weighted by molar-refractivity contribution is 9.09. The van der Waals surface area contributed by atoms with Crippen molar-refractivity contribution in [3.63, 3.8) is 0 Å². The SMILES string of the molecule is CCCCC(NC(=O)c1[nH]c2c(c1C)C(=O)CC(C)(C)C2)c1nc2ccc(OCCBr)cc2[nH]1. The van der Waals surface area contributed by atoms with E-state index in [2.05, 4.69) is 52.0 Å². The molecule has 0 radical (unpaired) electrons. The topological polar surface area (TPSA) is 99.9 Å². The number of ketones is 1. The van der Waals surface area contributed by atoms with E-state index < -0.39 is 0 Å². The van der Waals surface area contributed by atoms with Gasteiger partial charge in [0.15, 0.2) is 5.78 Å². The highest BCUT2D eigenvalue weighted by Crippen LogP contribution is 2.37. The van der Waals surface area contributed by atoms with Gasteiger partial charge >= 0.3 is 0 Å². The molecule has 182 valence electrons. The van der Waals surface area contributed by atoms with Crippen molar-refractivity contribution < 1.29 is 14.3 Å². The summed E-state index contributed by atoms with van der Waals surface area (Å²) in [5.74, 6) is 1.40. The largest absolute Gasteiger partial charge is 0.493 e. The van der Waals surface area contributed by atoms with Crippen molar-refractivity contribution in [3.05, 3.63) is 46.5 Å². The first-order chi connectivity index (χ1) is 16.2. The standard InChI is InChI=1S/C26H33BrN4O3/c1-5-6-7-18(24-29-17-9-8-16(34-11-10-27)12-19(17)30-24)31-25(33)23-15(2)22-20(28-23)13-26(3,4)14-21(22)32/h8-9,12,18,28H,5-7,10-11,13-14H2,1-4H3,(H,29,30)(H,31,33). The smallest absolute Gasteiger partial charge is 0.268 e. The lowest BCUT2D eigenvalue weighted by atomic mass is 9.75. The molecule has 8 heteroatoms. The number of hydrogen-bond donors (Lipinski definition) is 3. The fraction of sp³-hybridized carbons (Fsp3) is 0.500. The highest BCUT2D eigenvalue weighted by atomic mass is 79.9. The van der Waals surface area contributed by atoms with Crippen molar-refractivity contribution in [2.45, 2.75) is 65.8 Å². The number of hydrogen-bond acceptors (Lipinski definition) is 4. The van der Waals surface area contributed by atoms with Crippen molar-refractivity contribution in [1.82, 2.24) is 20.3 Å². The van der Waals surface area contributed by atoms with Gasteiger partial charge in [0.25, 0.3) is 5.91 Å². The number of amides is 1. The second kappa shape index (κ2) is 9.94. The molecular weight excluding hydrogens is 496 g/mol. The predicted molar refractivity (Wildman–Crippen MR) is 137 cm³/mol. The van der Waals surface area contributed by atoms with Crippen LogP contribution in [0.5, 0.6) is 5.75 Å². The van der Waals surface area contributed by atoms with Crippen LogP contribution in [0.3, 0.4) is 0 Å². The van der Waals surface area contributed by atoms with Crippen LogP contribution in [-0.2, 0) is 6.42 Å². The zero-order chi connectivity index (χ0) is 24.5. The minimum absolute atomic E-state index is 0.107. The number of halogens is 1. The van der Waals surface area contributed by atoms with Gasteiger partial charge in [-0.25, -0.2) is 4.98 Å². The van der Waals surface area contributed by atoms with Gasteiger partial charge in [0.2, 0.25) is 0 Å². The molecule has 1 aliphatic rings. The molecule has 0 spiro atoms. The van der Waals surface area contributed by atoms with Gasteiger partial charge in [-0.15, -0.1) is 0 Å². The lowest BCUT2D eigenvalue weighted by Gasteiger charge is -2.28. The Hall–Kier alpha value is -2.61. The molecule has 0 bridgehead atoms. The van der Waals surface area contributed by atoms with Crippen LogP contribution in [0.15, 0.2) is 18.2 Å². The lowest BCUT2D eigenvalue weighted by molar-refractivity contribution is 0.0908. The number of carbonyl (C=O) groups is 2. The van der Waals surface area contributed by atoms with Gasteiger partial charge in [0.05, 0.1) is 23.7 Å². The Morgan fingerprint density at radius 3 is 2.82 bits per heavy atom. The quantitative estimate of drug-likeness (QED) is 0.306. The maximum Gasteiger partial charge on any atom is 0.268 e. The summed E-state index contributed by atoms with van der Waals surface area (Å²) in [6.07, 6.45) is 3.98. The van der Waals surface area contributed by atoms with Crippen LogP contribution in [0.1, 0.15) is 90.4 Å². The average Bonchev–Trinajstić information content (AvgIpc) is 3.34. The van der Waals surface area contributed by atoms with Crippen molar-refractivity contribution >= 4 is 38.7 Å². The number of benzene rings is 1. The van der Waals surface area contributed by atoms with Crippen molar-refractivity contribution in [3.8, 4) is 5.75 Å². The van der Waals surface area contributed by atoms with Crippen LogP contribution in [-0.4, -0.2) is 38.6 Å². The molecule has 1 atom stereocenters. The summed E-state index contributed by atoms with van der Waals surface area (Å²) in [5, 5.41) is 3.93. The second-order valence-corrected chi connectivity index (χ2v) is 10.7. The van der Waals surface area contributed by atoms with E-state index in [0.29, 0.717) is 24.3 Å². The molecule has 34 heavy (non-hydrogen) atoms. The normalized spacial score (nSPS) is 15.9. The molecule has 3 aromatic rings. The third-order valence-corrected chi connectivity index (χ3v) is 6.75. The van der Waals surface area contributed by atoms with Gasteiger partial charge in [0, 0.05) is 29.1 Å². The monoisotopic (exact) mass is 528 g/mol. The molecule has 1 unspecified atom stereocenters. The molecule has 3 N–H and O–H groups in total. The number of unbranched alkanes of at least 4 members (excludes halogenated alkanes) is 1. The Morgan fingerprint density at radius 2 is 2.09 bits per heavy atom. The molecule has 0 saturated heterocycles. The third kappa shape index (κ3) is 5.06. The van der Waals surface area contributed by atoms with Crippen molar-refractivity contribution in [1.29, 1.82) is 0 Å². The number of alkyl halides is 1. The number of nitrogens with zero attached hydrogens (tertiary/aromatic N) is 1. The minimum atomic E-state index is -0.265. The maximum atomic E-state index is 13.4. The van der Waals surface area contributed by atoms with E-state index in [1.54, 1.807) is 0 Å². The van der Waals surface area contributed by atoms with Gasteiger partial charge in [-0.05, 0) is 42.9 Å². The Labute approximate surface area is 208 Å². The van der Waals surface area contributed by atoms with Crippen LogP contribution in [0, 0.1) is 12.3 Å². The first kappa shape index (κ1) is 24.5. The van der Waals surface area contributed by atoms with E-state index in [1.807, 2.05) is 25.1 Å². The number of carbonyl (C=O) groups excluding carboxylic acids is 2. The number of H-pyrrole nitrogens is 2. The molecule has 0 fully saturated rings. The Kier molecular flexibility index (Phi) is 7.17. The van der Waals surface area contributed by atoms with Crippen LogP contribution < -0.4 is 10.1 Å². The van der Waals surface area contributed by atoms with Gasteiger partial charge in [-0.2, -0.15) is 0 Å². The predicted octanol–water partition coefficient (Wildman–Crippen LogP) is 5.79. The summed E-state index contributed by atoms with van der Waals surface area (Å²) in [7, 11) is 0. The molecule has 7 nitrogen and oxygen atoms in total. The summed E-state index contributed by atoms with van der Waals surface area (Å²) in [4.78, 5) is 37.5. The molecule has 0 saturated carbocycles. The van der Waals surface area contributed by atoms with Gasteiger partial charge in [0.1, 0.15) is 17.3 Å². The Bertz CT molecular complexity index is 1210. The number of nitrogens with one attached hydrogen (secondary N) is 3. The molecule has 1 amide bonds. The second-order valence-electron chi connectivity index (χ2n) is 9.93. The summed E-state index contributed by atoms with van der Waals surface area (Å²) >= 11 is 3.37. The fourth-order valence-electron chi connectivity index (χ4n) is 4.80. The van der Waals surface area contributed by atoms with Crippen LogP contribution in [0.25, 0.3) is 11.0 Å². The number of Topliss-reactive ketones (excluding diaryl/α,β-unsaturated/α-hetero) is 1. The van der Waals surface area contributed by atoms with E-state index in [9.17, 15) is 9.59 Å². The zero-order valence-electron chi connectivity index (χ0n) is 20.3. The summed E-state index contributed by atoms with van der Waals surface area (Å²) in [6.45, 7) is 8.74. The Morgan fingerprint density at radius 1 is 1.29 bits per heavy atom. The van der Waals surface area contributed by atoms with E-state index in [4.69, 9.17) is 9.72 Å². The maximum absolute atomic E-state index is 13.4. The zero-order valence-corrected chi connectivity index (χ0v) is 21.9. The van der Waals surface area contributed by atoms with Crippen molar-refractivity contribution in [2.75, 3.05) is 11.9 Å². The molecule has 2 aromatic heterocycles. The number of aromatic amines is 2. The van der Waals surface area contributed by atoms with Crippen LogP contribution in [0.4, 0.5) is 0 Å².